The number of benzene rings is 1. The van der Waals surface area contributed by atoms with Crippen molar-refractivity contribution >= 4 is 23.0 Å². The Hall–Kier alpha value is -2.86. The molecule has 5 rings (SSSR count). The Balaban J connectivity index is 1.66. The third-order valence-corrected chi connectivity index (χ3v) is 6.29. The molecule has 2 aliphatic rings. The second-order valence-corrected chi connectivity index (χ2v) is 8.33. The number of hydrogen-bond acceptors (Lipinski definition) is 3. The summed E-state index contributed by atoms with van der Waals surface area (Å²) in [6.45, 7) is 4.41. The second-order valence-electron chi connectivity index (χ2n) is 7.94. The number of nitrogens with one attached hydrogen (secondary N) is 1. The van der Waals surface area contributed by atoms with Gasteiger partial charge in [0.25, 0.3) is 0 Å². The van der Waals surface area contributed by atoms with Gasteiger partial charge in [-0.25, -0.2) is 0 Å². The number of aromatic hydroxyl groups is 1. The van der Waals surface area contributed by atoms with Gasteiger partial charge in [-0.3, -0.25) is 4.98 Å². The van der Waals surface area contributed by atoms with Crippen molar-refractivity contribution in [2.24, 2.45) is 0 Å². The molecule has 3 aromatic rings. The average Bonchev–Trinajstić information content (AvgIpc) is 3.43. The van der Waals surface area contributed by atoms with Crippen molar-refractivity contribution in [2.45, 2.75) is 44.8 Å². The maximum Gasteiger partial charge on any atom is 0.174 e. The Morgan fingerprint density at radius 1 is 1.10 bits per heavy atom. The second kappa shape index (κ2) is 6.88. The van der Waals surface area contributed by atoms with E-state index in [0.29, 0.717) is 11.2 Å². The summed E-state index contributed by atoms with van der Waals surface area (Å²) in [5.74, 6) is 0.247. The summed E-state index contributed by atoms with van der Waals surface area (Å²) in [6, 6.07) is 16.1. The summed E-state index contributed by atoms with van der Waals surface area (Å²) in [4.78, 5) is 6.78. The van der Waals surface area contributed by atoms with E-state index in [1.54, 1.807) is 12.1 Å². The van der Waals surface area contributed by atoms with Gasteiger partial charge in [-0.05, 0) is 86.9 Å². The molecular formula is C23H24N4OS. The molecule has 0 spiro atoms. The Morgan fingerprint density at radius 2 is 1.86 bits per heavy atom. The van der Waals surface area contributed by atoms with E-state index in [4.69, 9.17) is 12.2 Å². The van der Waals surface area contributed by atoms with Crippen LogP contribution in [0.1, 0.15) is 53.6 Å². The molecule has 2 fully saturated rings. The van der Waals surface area contributed by atoms with Crippen molar-refractivity contribution in [3.8, 4) is 5.75 Å². The lowest BCUT2D eigenvalue weighted by atomic mass is 9.96. The van der Waals surface area contributed by atoms with Crippen molar-refractivity contribution in [3.05, 3.63) is 77.4 Å². The van der Waals surface area contributed by atoms with Crippen LogP contribution in [0.25, 0.3) is 0 Å². The van der Waals surface area contributed by atoms with Gasteiger partial charge < -0.3 is 19.9 Å². The molecule has 2 aromatic heterocycles. The quantitative estimate of drug-likeness (QED) is 0.617. The van der Waals surface area contributed by atoms with E-state index in [2.05, 4.69) is 39.7 Å². The molecule has 148 valence electrons. The lowest BCUT2D eigenvalue weighted by Gasteiger charge is -2.28. The number of phenolic OH excluding ortho intramolecular Hbond substituents is 1. The smallest absolute Gasteiger partial charge is 0.174 e. The molecule has 1 saturated carbocycles. The van der Waals surface area contributed by atoms with E-state index in [1.165, 1.54) is 29.8 Å². The predicted molar refractivity (Wildman–Crippen MR) is 118 cm³/mol. The zero-order chi connectivity index (χ0) is 20.1. The SMILES string of the molecule is Cc1cc([C@H]2[C@@H](c3ccccn3)NC(=S)N2c2ccc(O)cc2)c(C)n1C1CC1. The number of hydrogen-bond donors (Lipinski definition) is 2. The summed E-state index contributed by atoms with van der Waals surface area (Å²) in [5, 5.41) is 13.9. The van der Waals surface area contributed by atoms with Crippen LogP contribution < -0.4 is 10.2 Å². The number of anilines is 1. The minimum absolute atomic E-state index is 0.0133. The molecule has 1 aromatic carbocycles. The summed E-state index contributed by atoms with van der Waals surface area (Å²) in [5.41, 5.74) is 5.79. The van der Waals surface area contributed by atoms with Gasteiger partial charge in [0.15, 0.2) is 5.11 Å². The zero-order valence-electron chi connectivity index (χ0n) is 16.5. The number of thiocarbonyl (C=S) groups is 1. The van der Waals surface area contributed by atoms with Crippen molar-refractivity contribution in [1.82, 2.24) is 14.9 Å². The van der Waals surface area contributed by atoms with Gasteiger partial charge in [0, 0.05) is 29.3 Å². The molecular weight excluding hydrogens is 380 g/mol. The molecule has 2 N–H and O–H groups in total. The first-order valence-corrected chi connectivity index (χ1v) is 10.4. The Labute approximate surface area is 176 Å². The van der Waals surface area contributed by atoms with E-state index in [9.17, 15) is 5.11 Å². The number of aromatic nitrogens is 2. The molecule has 1 saturated heterocycles. The fourth-order valence-corrected chi connectivity index (χ4v) is 4.90. The van der Waals surface area contributed by atoms with Crippen molar-refractivity contribution in [2.75, 3.05) is 4.90 Å². The summed E-state index contributed by atoms with van der Waals surface area (Å²) in [7, 11) is 0. The zero-order valence-corrected chi connectivity index (χ0v) is 17.4. The van der Waals surface area contributed by atoms with Crippen molar-refractivity contribution in [1.29, 1.82) is 0 Å². The topological polar surface area (TPSA) is 53.3 Å². The van der Waals surface area contributed by atoms with Gasteiger partial charge in [0.2, 0.25) is 0 Å². The maximum absolute atomic E-state index is 9.75. The molecule has 29 heavy (non-hydrogen) atoms. The van der Waals surface area contributed by atoms with Gasteiger partial charge in [0.1, 0.15) is 5.75 Å². The van der Waals surface area contributed by atoms with Crippen molar-refractivity contribution < 1.29 is 5.11 Å². The summed E-state index contributed by atoms with van der Waals surface area (Å²) in [6.07, 6.45) is 4.33. The van der Waals surface area contributed by atoms with Crippen LogP contribution in [-0.4, -0.2) is 19.8 Å². The normalized spacial score (nSPS) is 21.4. The van der Waals surface area contributed by atoms with Crippen molar-refractivity contribution in [3.63, 3.8) is 0 Å². The largest absolute Gasteiger partial charge is 0.508 e. The van der Waals surface area contributed by atoms with Gasteiger partial charge >= 0.3 is 0 Å². The van der Waals surface area contributed by atoms with Crippen LogP contribution in [0.5, 0.6) is 5.75 Å². The highest BCUT2D eigenvalue weighted by Crippen LogP contribution is 2.46. The average molecular weight is 405 g/mol. The van der Waals surface area contributed by atoms with E-state index in [0.717, 1.165) is 11.4 Å². The first kappa shape index (κ1) is 18.2. The number of aryl methyl sites for hydroxylation is 1. The Bertz CT molecular complexity index is 1060. The lowest BCUT2D eigenvalue weighted by Crippen LogP contribution is -2.29. The standard InChI is InChI=1S/C23H24N4OS/c1-14-13-19(15(2)26(14)16-6-7-16)22-21(20-5-3-4-12-24-20)25-23(29)27(22)17-8-10-18(28)11-9-17/h3-5,8-13,16,21-22,28H,6-7H2,1-2H3,(H,25,29)/t21-,22+/m1/s1. The summed E-state index contributed by atoms with van der Waals surface area (Å²) >= 11 is 5.77. The highest BCUT2D eigenvalue weighted by molar-refractivity contribution is 7.80. The molecule has 0 amide bonds. The van der Waals surface area contributed by atoms with Crippen LogP contribution >= 0.6 is 12.2 Å². The van der Waals surface area contributed by atoms with Gasteiger partial charge in [0.05, 0.1) is 17.8 Å². The molecule has 0 bridgehead atoms. The van der Waals surface area contributed by atoms with E-state index < -0.39 is 0 Å². The first-order valence-electron chi connectivity index (χ1n) is 10.0. The lowest BCUT2D eigenvalue weighted by molar-refractivity contribution is 0.475. The van der Waals surface area contributed by atoms with Crippen LogP contribution in [0.3, 0.4) is 0 Å². The summed E-state index contributed by atoms with van der Waals surface area (Å²) < 4.78 is 2.47. The molecule has 0 radical (unpaired) electrons. The Kier molecular flexibility index (Phi) is 4.32. The van der Waals surface area contributed by atoms with E-state index in [1.807, 2.05) is 36.5 Å². The highest BCUT2D eigenvalue weighted by Gasteiger charge is 2.42. The number of nitrogens with zero attached hydrogens (tertiary/aromatic N) is 3. The maximum atomic E-state index is 9.75. The highest BCUT2D eigenvalue weighted by atomic mass is 32.1. The number of phenols is 1. The van der Waals surface area contributed by atoms with Crippen LogP contribution in [-0.2, 0) is 0 Å². The van der Waals surface area contributed by atoms with Gasteiger partial charge in [-0.15, -0.1) is 0 Å². The molecule has 1 aliphatic heterocycles. The molecule has 3 heterocycles. The molecule has 5 nitrogen and oxygen atoms in total. The molecule has 1 aliphatic carbocycles. The van der Waals surface area contributed by atoms with E-state index >= 15 is 0 Å². The fourth-order valence-electron chi connectivity index (χ4n) is 4.56. The van der Waals surface area contributed by atoms with Crippen LogP contribution in [0.15, 0.2) is 54.7 Å². The van der Waals surface area contributed by atoms with Crippen LogP contribution in [0, 0.1) is 13.8 Å². The van der Waals surface area contributed by atoms with Crippen LogP contribution in [0.4, 0.5) is 5.69 Å². The van der Waals surface area contributed by atoms with Crippen LogP contribution in [0.2, 0.25) is 0 Å². The minimum atomic E-state index is -0.0503. The molecule has 2 atom stereocenters. The monoisotopic (exact) mass is 404 g/mol. The molecule has 0 unspecified atom stereocenters. The third kappa shape index (κ3) is 3.08. The van der Waals surface area contributed by atoms with E-state index in [-0.39, 0.29) is 17.8 Å². The third-order valence-electron chi connectivity index (χ3n) is 5.98. The number of rotatable bonds is 4. The fraction of sp³-hybridized carbons (Fsp3) is 0.304. The Morgan fingerprint density at radius 3 is 2.52 bits per heavy atom. The van der Waals surface area contributed by atoms with Gasteiger partial charge in [-0.2, -0.15) is 0 Å². The minimum Gasteiger partial charge on any atom is -0.508 e. The predicted octanol–water partition coefficient (Wildman–Crippen LogP) is 4.72. The van der Waals surface area contributed by atoms with Gasteiger partial charge in [-0.1, -0.05) is 6.07 Å². The first-order chi connectivity index (χ1) is 14.0. The molecule has 6 heteroatoms. The number of pyridine rings is 1.